The summed E-state index contributed by atoms with van der Waals surface area (Å²) in [6, 6.07) is 12.8. The van der Waals surface area contributed by atoms with E-state index < -0.39 is 28.7 Å². The topological polar surface area (TPSA) is 113 Å². The minimum atomic E-state index is -0.975. The van der Waals surface area contributed by atoms with Crippen LogP contribution in [0.1, 0.15) is 11.1 Å². The fourth-order valence-electron chi connectivity index (χ4n) is 2.89. The van der Waals surface area contributed by atoms with Gasteiger partial charge in [-0.15, -0.1) is 0 Å². The van der Waals surface area contributed by atoms with Crippen molar-refractivity contribution in [2.45, 2.75) is 13.8 Å². The summed E-state index contributed by atoms with van der Waals surface area (Å²) in [5.41, 5.74) is 4.17. The molecule has 0 spiro atoms. The number of nitrogens with one attached hydrogen (secondary N) is 1. The largest absolute Gasteiger partial charge is 0.504 e. The molecule has 0 aliphatic rings. The van der Waals surface area contributed by atoms with Crippen molar-refractivity contribution >= 4 is 11.4 Å². The van der Waals surface area contributed by atoms with Crippen LogP contribution >= 0.6 is 0 Å². The molecule has 3 aromatic rings. The van der Waals surface area contributed by atoms with Gasteiger partial charge in [-0.1, -0.05) is 18.2 Å². The Balaban J connectivity index is 1.96. The first-order chi connectivity index (χ1) is 12.3. The first kappa shape index (κ1) is 17.3. The minimum absolute atomic E-state index is 0.171. The van der Waals surface area contributed by atoms with Gasteiger partial charge in [-0.05, 0) is 54.8 Å². The Kier molecular flexibility index (Phi) is 4.26. The van der Waals surface area contributed by atoms with Crippen molar-refractivity contribution < 1.29 is 25.5 Å². The quantitative estimate of drug-likeness (QED) is 0.310. The Hall–Kier alpha value is -3.54. The van der Waals surface area contributed by atoms with E-state index >= 15 is 0 Å². The highest BCUT2D eigenvalue weighted by atomic mass is 16.4. The van der Waals surface area contributed by atoms with E-state index in [1.807, 2.05) is 26.0 Å². The number of aryl methyl sites for hydroxylation is 2. The number of benzene rings is 3. The van der Waals surface area contributed by atoms with Crippen molar-refractivity contribution in [3.05, 3.63) is 53.6 Å². The summed E-state index contributed by atoms with van der Waals surface area (Å²) in [4.78, 5) is 0. The van der Waals surface area contributed by atoms with Crippen molar-refractivity contribution in [1.82, 2.24) is 0 Å². The van der Waals surface area contributed by atoms with E-state index in [-0.39, 0.29) is 5.56 Å². The molecule has 0 saturated heterocycles. The molecule has 3 aromatic carbocycles. The summed E-state index contributed by atoms with van der Waals surface area (Å²) in [6.45, 7) is 4.02. The maximum Gasteiger partial charge on any atom is 0.208 e. The highest BCUT2D eigenvalue weighted by Crippen LogP contribution is 2.54. The summed E-state index contributed by atoms with van der Waals surface area (Å²) >= 11 is 0. The first-order valence-corrected chi connectivity index (χ1v) is 7.92. The van der Waals surface area contributed by atoms with Gasteiger partial charge < -0.3 is 30.8 Å². The first-order valence-electron chi connectivity index (χ1n) is 7.92. The average molecular weight is 353 g/mol. The predicted octanol–water partition coefficient (Wildman–Crippen LogP) is 4.24. The Bertz CT molecular complexity index is 931. The summed E-state index contributed by atoms with van der Waals surface area (Å²) < 4.78 is 0. The molecule has 6 nitrogen and oxygen atoms in total. The van der Waals surface area contributed by atoms with E-state index in [9.17, 15) is 25.5 Å². The fourth-order valence-corrected chi connectivity index (χ4v) is 2.89. The van der Waals surface area contributed by atoms with Crippen LogP contribution in [0.25, 0.3) is 11.1 Å². The van der Waals surface area contributed by atoms with Crippen LogP contribution in [-0.2, 0) is 0 Å². The second-order valence-electron chi connectivity index (χ2n) is 6.20. The van der Waals surface area contributed by atoms with Crippen LogP contribution in [-0.4, -0.2) is 25.5 Å². The van der Waals surface area contributed by atoms with E-state index in [1.54, 1.807) is 24.3 Å². The zero-order valence-electron chi connectivity index (χ0n) is 14.3. The summed E-state index contributed by atoms with van der Waals surface area (Å²) in [5, 5.41) is 52.1. The third kappa shape index (κ3) is 3.04. The maximum atomic E-state index is 10.0. The van der Waals surface area contributed by atoms with Gasteiger partial charge in [0, 0.05) is 11.4 Å². The van der Waals surface area contributed by atoms with Crippen molar-refractivity contribution in [3.63, 3.8) is 0 Å². The Labute approximate surface area is 150 Å². The van der Waals surface area contributed by atoms with Crippen LogP contribution in [0.2, 0.25) is 0 Å². The van der Waals surface area contributed by atoms with Gasteiger partial charge in [-0.3, -0.25) is 0 Å². The standard InChI is InChI=1S/C20H19NO5/c1-10-7-11(2)9-14(8-10)21-13-5-3-12(4-6-13)15-16(22)18(24)20(26)19(25)17(15)23/h3-9,21-26H,1-2H3. The third-order valence-corrected chi connectivity index (χ3v) is 4.05. The molecule has 0 radical (unpaired) electrons. The molecule has 3 rings (SSSR count). The van der Waals surface area contributed by atoms with Crippen LogP contribution in [0.3, 0.4) is 0 Å². The van der Waals surface area contributed by atoms with E-state index in [2.05, 4.69) is 11.4 Å². The monoisotopic (exact) mass is 353 g/mol. The number of hydrogen-bond acceptors (Lipinski definition) is 6. The van der Waals surface area contributed by atoms with Gasteiger partial charge in [0.2, 0.25) is 17.2 Å². The van der Waals surface area contributed by atoms with Crippen LogP contribution in [0.5, 0.6) is 28.7 Å². The number of rotatable bonds is 3. The third-order valence-electron chi connectivity index (χ3n) is 4.05. The molecular formula is C20H19NO5. The fraction of sp³-hybridized carbons (Fsp3) is 0.100. The molecule has 0 fully saturated rings. The predicted molar refractivity (Wildman–Crippen MR) is 99.4 cm³/mol. The molecule has 0 saturated carbocycles. The molecule has 0 aromatic heterocycles. The van der Waals surface area contributed by atoms with Crippen LogP contribution in [0.15, 0.2) is 42.5 Å². The number of anilines is 2. The zero-order chi connectivity index (χ0) is 19.0. The Morgan fingerprint density at radius 1 is 0.577 bits per heavy atom. The molecule has 0 unspecified atom stereocenters. The van der Waals surface area contributed by atoms with Gasteiger partial charge in [-0.2, -0.15) is 0 Å². The summed E-state index contributed by atoms with van der Waals surface area (Å²) in [6.07, 6.45) is 0. The lowest BCUT2D eigenvalue weighted by Gasteiger charge is -2.13. The van der Waals surface area contributed by atoms with E-state index in [4.69, 9.17) is 0 Å². The molecule has 26 heavy (non-hydrogen) atoms. The van der Waals surface area contributed by atoms with E-state index in [0.717, 1.165) is 22.5 Å². The maximum absolute atomic E-state index is 10.0. The molecular weight excluding hydrogens is 334 g/mol. The average Bonchev–Trinajstić information content (AvgIpc) is 2.59. The van der Waals surface area contributed by atoms with Gasteiger partial charge in [-0.25, -0.2) is 0 Å². The Morgan fingerprint density at radius 3 is 1.54 bits per heavy atom. The van der Waals surface area contributed by atoms with Crippen molar-refractivity contribution in [1.29, 1.82) is 0 Å². The second kappa shape index (κ2) is 6.40. The van der Waals surface area contributed by atoms with Gasteiger partial charge in [0.15, 0.2) is 11.5 Å². The lowest BCUT2D eigenvalue weighted by molar-refractivity contribution is 0.330. The smallest absolute Gasteiger partial charge is 0.208 e. The second-order valence-corrected chi connectivity index (χ2v) is 6.20. The number of phenols is 5. The van der Waals surface area contributed by atoms with Crippen molar-refractivity contribution in [3.8, 4) is 39.9 Å². The molecule has 0 heterocycles. The summed E-state index contributed by atoms with van der Waals surface area (Å²) in [5.74, 6) is -4.20. The molecule has 0 aliphatic carbocycles. The van der Waals surface area contributed by atoms with Crippen LogP contribution in [0.4, 0.5) is 11.4 Å². The van der Waals surface area contributed by atoms with E-state index in [0.29, 0.717) is 5.56 Å². The number of phenolic OH excluding ortho intramolecular Hbond substituents is 5. The Morgan fingerprint density at radius 2 is 1.04 bits per heavy atom. The highest BCUT2D eigenvalue weighted by molar-refractivity contribution is 5.85. The molecule has 6 heteroatoms. The van der Waals surface area contributed by atoms with Crippen LogP contribution in [0, 0.1) is 13.8 Å². The van der Waals surface area contributed by atoms with Gasteiger partial charge in [0.25, 0.3) is 0 Å². The summed E-state index contributed by atoms with van der Waals surface area (Å²) in [7, 11) is 0. The number of aromatic hydroxyl groups is 5. The van der Waals surface area contributed by atoms with Crippen molar-refractivity contribution in [2.24, 2.45) is 0 Å². The normalized spacial score (nSPS) is 10.7. The van der Waals surface area contributed by atoms with Gasteiger partial charge in [0.05, 0.1) is 5.56 Å². The lowest BCUT2D eigenvalue weighted by atomic mass is 10.0. The van der Waals surface area contributed by atoms with Crippen LogP contribution < -0.4 is 5.32 Å². The molecule has 6 N–H and O–H groups in total. The molecule has 134 valence electrons. The number of hydrogen-bond donors (Lipinski definition) is 6. The molecule has 0 bridgehead atoms. The minimum Gasteiger partial charge on any atom is -0.504 e. The highest BCUT2D eigenvalue weighted by Gasteiger charge is 2.24. The van der Waals surface area contributed by atoms with E-state index in [1.165, 1.54) is 0 Å². The van der Waals surface area contributed by atoms with Crippen molar-refractivity contribution in [2.75, 3.05) is 5.32 Å². The molecule has 0 aliphatic heterocycles. The SMILES string of the molecule is Cc1cc(C)cc(Nc2ccc(-c3c(O)c(O)c(O)c(O)c3O)cc2)c1. The molecule has 0 amide bonds. The van der Waals surface area contributed by atoms with Gasteiger partial charge in [0.1, 0.15) is 0 Å². The van der Waals surface area contributed by atoms with Gasteiger partial charge >= 0.3 is 0 Å². The molecule has 0 atom stereocenters. The lowest BCUT2D eigenvalue weighted by Crippen LogP contribution is -1.92. The zero-order valence-corrected chi connectivity index (χ0v) is 14.3.